The minimum absolute atomic E-state index is 0.0142. The summed E-state index contributed by atoms with van der Waals surface area (Å²) in [6, 6.07) is 0. The molecule has 3 aliphatic rings. The van der Waals surface area contributed by atoms with E-state index in [1.54, 1.807) is 0 Å². The third-order valence-corrected chi connectivity index (χ3v) is 6.47. The van der Waals surface area contributed by atoms with E-state index in [9.17, 15) is 30.3 Å². The second kappa shape index (κ2) is 8.44. The zero-order chi connectivity index (χ0) is 22.4. The van der Waals surface area contributed by atoms with Gasteiger partial charge in [0.2, 0.25) is 5.75 Å². The van der Waals surface area contributed by atoms with Crippen LogP contribution in [0.5, 0.6) is 17.2 Å². The van der Waals surface area contributed by atoms with Crippen LogP contribution < -0.4 is 4.74 Å². The normalized spacial score (nSPS) is 33.4. The van der Waals surface area contributed by atoms with Gasteiger partial charge in [0, 0.05) is 24.2 Å². The monoisotopic (exact) mass is 439 g/mol. The first-order valence-electron chi connectivity index (χ1n) is 10.5. The van der Waals surface area contributed by atoms with Crippen molar-refractivity contribution < 1.29 is 44.5 Å². The van der Waals surface area contributed by atoms with E-state index in [2.05, 4.69) is 11.8 Å². The van der Waals surface area contributed by atoms with E-state index in [4.69, 9.17) is 14.2 Å². The number of aliphatic hydroxyl groups is 3. The van der Waals surface area contributed by atoms with E-state index in [0.29, 0.717) is 5.92 Å². The van der Waals surface area contributed by atoms with Crippen LogP contribution in [0.3, 0.4) is 0 Å². The Morgan fingerprint density at radius 3 is 2.58 bits per heavy atom. The van der Waals surface area contributed by atoms with E-state index < -0.39 is 48.8 Å². The Labute approximate surface area is 179 Å². The predicted molar refractivity (Wildman–Crippen MR) is 106 cm³/mol. The molecule has 10 nitrogen and oxygen atoms in total. The molecule has 5 N–H and O–H groups in total. The van der Waals surface area contributed by atoms with Crippen LogP contribution in [-0.2, 0) is 16.0 Å². The van der Waals surface area contributed by atoms with Crippen LogP contribution in [0, 0.1) is 5.92 Å². The fourth-order valence-electron chi connectivity index (χ4n) is 4.92. The maximum atomic E-state index is 13.0. The number of likely N-dealkylation sites (tertiary alicyclic amines) is 1. The average Bonchev–Trinajstić information content (AvgIpc) is 2.74. The number of phenols is 2. The molecule has 1 aromatic rings. The van der Waals surface area contributed by atoms with Crippen molar-refractivity contribution in [2.75, 3.05) is 26.8 Å². The number of hydrogen-bond donors (Lipinski definition) is 5. The molecule has 0 aliphatic carbocycles. The third-order valence-electron chi connectivity index (χ3n) is 6.47. The van der Waals surface area contributed by atoms with Crippen molar-refractivity contribution in [1.82, 2.24) is 4.90 Å². The van der Waals surface area contributed by atoms with Crippen LogP contribution in [0.1, 0.15) is 47.4 Å². The van der Waals surface area contributed by atoms with Gasteiger partial charge in [-0.2, -0.15) is 0 Å². The van der Waals surface area contributed by atoms with Gasteiger partial charge in [-0.05, 0) is 25.3 Å². The maximum absolute atomic E-state index is 13.0. The van der Waals surface area contributed by atoms with Gasteiger partial charge in [0.15, 0.2) is 17.6 Å². The van der Waals surface area contributed by atoms with Crippen LogP contribution in [0.4, 0.5) is 0 Å². The van der Waals surface area contributed by atoms with Crippen molar-refractivity contribution in [2.24, 2.45) is 5.92 Å². The van der Waals surface area contributed by atoms with Crippen LogP contribution >= 0.6 is 0 Å². The molecule has 0 saturated carbocycles. The van der Waals surface area contributed by atoms with Crippen LogP contribution in [-0.4, -0.2) is 87.6 Å². The average molecular weight is 439 g/mol. The van der Waals surface area contributed by atoms with Gasteiger partial charge in [0.05, 0.1) is 19.3 Å². The number of aliphatic hydroxyl groups excluding tert-OH is 3. The van der Waals surface area contributed by atoms with Gasteiger partial charge in [-0.15, -0.1) is 0 Å². The Balaban J connectivity index is 1.84. The number of hydrogen-bond acceptors (Lipinski definition) is 10. The summed E-state index contributed by atoms with van der Waals surface area (Å²) in [6.07, 6.45) is -4.51. The molecule has 4 rings (SSSR count). The zero-order valence-electron chi connectivity index (χ0n) is 17.5. The first kappa shape index (κ1) is 22.1. The second-order valence-corrected chi connectivity index (χ2v) is 8.61. The number of nitrogens with zero attached hydrogens (tertiary/aromatic N) is 1. The Kier molecular flexibility index (Phi) is 6.01. The summed E-state index contributed by atoms with van der Waals surface area (Å²) in [5.74, 6) is -1.45. The number of carbonyl (C=O) groups excluding carboxylic acids is 1. The van der Waals surface area contributed by atoms with Gasteiger partial charge in [-0.3, -0.25) is 4.90 Å². The number of methoxy groups -OCH3 is 1. The van der Waals surface area contributed by atoms with E-state index in [1.807, 2.05) is 0 Å². The van der Waals surface area contributed by atoms with Gasteiger partial charge < -0.3 is 39.7 Å². The highest BCUT2D eigenvalue weighted by Gasteiger charge is 2.53. The lowest BCUT2D eigenvalue weighted by atomic mass is 9.84. The highest BCUT2D eigenvalue weighted by Crippen LogP contribution is 2.52. The molecule has 10 heteroatoms. The first-order chi connectivity index (χ1) is 14.8. The van der Waals surface area contributed by atoms with Crippen molar-refractivity contribution >= 4 is 5.97 Å². The van der Waals surface area contributed by atoms with Crippen LogP contribution in [0.15, 0.2) is 0 Å². The SMILES string of the molecule is COc1c(O)c(CN2CCC[C@H](C)C2)c2c(c1O)[C@H]1O[C@H](CO)[C@@H](O)[C@H](O)[C@@H]1OC2=O. The van der Waals surface area contributed by atoms with Gasteiger partial charge in [0.25, 0.3) is 0 Å². The van der Waals surface area contributed by atoms with Gasteiger partial charge >= 0.3 is 5.97 Å². The maximum Gasteiger partial charge on any atom is 0.339 e. The Bertz CT molecular complexity index is 860. The van der Waals surface area contributed by atoms with Crippen molar-refractivity contribution in [1.29, 1.82) is 0 Å². The van der Waals surface area contributed by atoms with Crippen molar-refractivity contribution in [3.8, 4) is 17.2 Å². The zero-order valence-corrected chi connectivity index (χ0v) is 17.5. The molecule has 0 unspecified atom stereocenters. The summed E-state index contributed by atoms with van der Waals surface area (Å²) < 4.78 is 16.3. The fourth-order valence-corrected chi connectivity index (χ4v) is 4.92. The van der Waals surface area contributed by atoms with Gasteiger partial charge in [-0.25, -0.2) is 4.79 Å². The number of fused-ring (bicyclic) bond motifs is 3. The lowest BCUT2D eigenvalue weighted by Crippen LogP contribution is -2.58. The number of benzene rings is 1. The molecule has 1 aromatic carbocycles. The lowest BCUT2D eigenvalue weighted by Gasteiger charge is -2.45. The van der Waals surface area contributed by atoms with Crippen LogP contribution in [0.2, 0.25) is 0 Å². The quantitative estimate of drug-likeness (QED) is 0.407. The molecule has 172 valence electrons. The number of esters is 1. The molecule has 31 heavy (non-hydrogen) atoms. The molecule has 2 saturated heterocycles. The molecule has 0 amide bonds. The second-order valence-electron chi connectivity index (χ2n) is 8.61. The van der Waals surface area contributed by atoms with Crippen molar-refractivity contribution in [2.45, 2.75) is 56.8 Å². The Morgan fingerprint density at radius 2 is 1.94 bits per heavy atom. The number of rotatable bonds is 4. The van der Waals surface area contributed by atoms with Crippen molar-refractivity contribution in [3.05, 3.63) is 16.7 Å². The number of aromatic hydroxyl groups is 2. The number of carbonyl (C=O) groups is 1. The Morgan fingerprint density at radius 1 is 1.19 bits per heavy atom. The molecular weight excluding hydrogens is 410 g/mol. The highest BCUT2D eigenvalue weighted by atomic mass is 16.6. The first-order valence-corrected chi connectivity index (χ1v) is 10.5. The summed E-state index contributed by atoms with van der Waals surface area (Å²) in [7, 11) is 1.28. The highest BCUT2D eigenvalue weighted by molar-refractivity contribution is 5.97. The largest absolute Gasteiger partial charge is 0.504 e. The van der Waals surface area contributed by atoms with E-state index in [0.717, 1.165) is 25.9 Å². The van der Waals surface area contributed by atoms with E-state index in [1.165, 1.54) is 7.11 Å². The molecule has 0 bridgehead atoms. The summed E-state index contributed by atoms with van der Waals surface area (Å²) in [5, 5.41) is 51.9. The topological polar surface area (TPSA) is 149 Å². The van der Waals surface area contributed by atoms with Gasteiger partial charge in [-0.1, -0.05) is 6.92 Å². The standard InChI is InChI=1S/C21H29NO9/c1-9-4-3-5-22(6-9)7-10-12-13(16(26)19(29-2)14(10)24)18-20(31-21(12)28)17(27)15(25)11(8-23)30-18/h9,11,15,17-18,20,23-27H,3-8H2,1-2H3/t9-,11+,15+,17-,18+,20-/m0/s1. The number of piperidine rings is 1. The molecular formula is C21H29NO9. The fraction of sp³-hybridized carbons (Fsp3) is 0.667. The predicted octanol–water partition coefficient (Wildman–Crippen LogP) is 0.0313. The third kappa shape index (κ3) is 3.62. The molecule has 0 aromatic heterocycles. The minimum Gasteiger partial charge on any atom is -0.504 e. The lowest BCUT2D eigenvalue weighted by molar-refractivity contribution is -0.235. The summed E-state index contributed by atoms with van der Waals surface area (Å²) in [5.41, 5.74) is 0.211. The van der Waals surface area contributed by atoms with E-state index in [-0.39, 0.29) is 34.7 Å². The summed E-state index contributed by atoms with van der Waals surface area (Å²) in [4.78, 5) is 15.1. The Hall–Kier alpha value is -2.11. The minimum atomic E-state index is -1.53. The molecule has 3 aliphatic heterocycles. The summed E-state index contributed by atoms with van der Waals surface area (Å²) in [6.45, 7) is 3.36. The molecule has 0 spiro atoms. The van der Waals surface area contributed by atoms with E-state index >= 15 is 0 Å². The summed E-state index contributed by atoms with van der Waals surface area (Å²) >= 11 is 0. The van der Waals surface area contributed by atoms with Gasteiger partial charge in [0.1, 0.15) is 24.4 Å². The molecule has 3 heterocycles. The molecule has 6 atom stereocenters. The van der Waals surface area contributed by atoms with Crippen LogP contribution in [0.25, 0.3) is 0 Å². The molecule has 2 fully saturated rings. The molecule has 0 radical (unpaired) electrons. The smallest absolute Gasteiger partial charge is 0.339 e. The van der Waals surface area contributed by atoms with Crippen molar-refractivity contribution in [3.63, 3.8) is 0 Å². The number of ether oxygens (including phenoxy) is 3. The number of phenolic OH excluding ortho intramolecular Hbond substituents is 2.